The molecule has 0 aromatic carbocycles. The molecule has 2 rings (SSSR count). The Morgan fingerprint density at radius 3 is 2.59 bits per heavy atom. The van der Waals surface area contributed by atoms with Gasteiger partial charge in [0.2, 0.25) is 0 Å². The molecule has 4 nitrogen and oxygen atoms in total. The molecule has 17 heavy (non-hydrogen) atoms. The van der Waals surface area contributed by atoms with Crippen LogP contribution in [0.3, 0.4) is 0 Å². The first-order chi connectivity index (χ1) is 7.77. The number of esters is 1. The van der Waals surface area contributed by atoms with Gasteiger partial charge in [0.1, 0.15) is 17.1 Å². The van der Waals surface area contributed by atoms with E-state index in [2.05, 4.69) is 4.74 Å². The number of ether oxygens (including phenoxy) is 1. The molecule has 0 amide bonds. The van der Waals surface area contributed by atoms with Crippen molar-refractivity contribution in [2.45, 2.75) is 31.2 Å². The molecule has 1 aromatic heterocycles. The number of carbonyl (C=O) groups excluding carboxylic acids is 1. The molecule has 0 saturated heterocycles. The monoisotopic (exact) mass is 245 g/mol. The number of alkyl halides is 2. The van der Waals surface area contributed by atoms with Crippen molar-refractivity contribution in [2.75, 3.05) is 7.11 Å². The highest BCUT2D eigenvalue weighted by atomic mass is 19.3. The molecule has 0 bridgehead atoms. The molecule has 0 unspecified atom stereocenters. The van der Waals surface area contributed by atoms with E-state index in [1.54, 1.807) is 6.92 Å². The molecule has 94 valence electrons. The van der Waals surface area contributed by atoms with Crippen LogP contribution in [0, 0.1) is 6.92 Å². The Morgan fingerprint density at radius 2 is 2.12 bits per heavy atom. The Morgan fingerprint density at radius 1 is 1.53 bits per heavy atom. The molecule has 1 aliphatic rings. The van der Waals surface area contributed by atoms with Crippen molar-refractivity contribution in [3.05, 3.63) is 23.2 Å². The second-order valence-corrected chi connectivity index (χ2v) is 4.44. The molecule has 1 heterocycles. The van der Waals surface area contributed by atoms with Crippen molar-refractivity contribution < 1.29 is 22.7 Å². The maximum absolute atomic E-state index is 12.8. The highest BCUT2D eigenvalue weighted by Crippen LogP contribution is 2.50. The van der Waals surface area contributed by atoms with Crippen LogP contribution in [-0.4, -0.2) is 19.0 Å². The van der Waals surface area contributed by atoms with Crippen molar-refractivity contribution >= 4 is 5.97 Å². The van der Waals surface area contributed by atoms with E-state index < -0.39 is 30.3 Å². The molecule has 2 N–H and O–H groups in total. The van der Waals surface area contributed by atoms with E-state index in [1.807, 2.05) is 0 Å². The van der Waals surface area contributed by atoms with Crippen LogP contribution >= 0.6 is 0 Å². The van der Waals surface area contributed by atoms with Crippen LogP contribution in [0.1, 0.15) is 34.7 Å². The number of nitrogens with two attached hydrogens (primary N) is 1. The summed E-state index contributed by atoms with van der Waals surface area (Å²) in [6, 6.07) is 1.39. The average molecular weight is 245 g/mol. The minimum absolute atomic E-state index is 0.210. The maximum atomic E-state index is 12.8. The van der Waals surface area contributed by atoms with Crippen LogP contribution in [0.2, 0.25) is 0 Å². The molecule has 1 fully saturated rings. The number of carbonyl (C=O) groups is 1. The van der Waals surface area contributed by atoms with E-state index >= 15 is 0 Å². The van der Waals surface area contributed by atoms with E-state index in [-0.39, 0.29) is 11.3 Å². The molecule has 0 radical (unpaired) electrons. The van der Waals surface area contributed by atoms with Crippen molar-refractivity contribution in [3.8, 4) is 0 Å². The van der Waals surface area contributed by atoms with Gasteiger partial charge < -0.3 is 14.9 Å². The zero-order valence-corrected chi connectivity index (χ0v) is 9.55. The second kappa shape index (κ2) is 3.53. The van der Waals surface area contributed by atoms with Gasteiger partial charge in [-0.15, -0.1) is 0 Å². The Kier molecular flexibility index (Phi) is 2.50. The Bertz CT molecular complexity index is 459. The summed E-state index contributed by atoms with van der Waals surface area (Å²) in [5.74, 6) is -2.78. The maximum Gasteiger partial charge on any atom is 0.341 e. The number of furan rings is 1. The van der Waals surface area contributed by atoms with Gasteiger partial charge >= 0.3 is 5.97 Å². The van der Waals surface area contributed by atoms with Crippen LogP contribution in [0.15, 0.2) is 10.5 Å². The molecule has 1 aliphatic carbocycles. The topological polar surface area (TPSA) is 65.5 Å². The fraction of sp³-hybridized carbons (Fsp3) is 0.545. The van der Waals surface area contributed by atoms with E-state index in [0.29, 0.717) is 5.76 Å². The fourth-order valence-electron chi connectivity index (χ4n) is 2.09. The molecule has 6 heteroatoms. The van der Waals surface area contributed by atoms with Crippen LogP contribution in [0.25, 0.3) is 0 Å². The summed E-state index contributed by atoms with van der Waals surface area (Å²) in [5, 5.41) is 0. The van der Waals surface area contributed by atoms with Crippen LogP contribution in [-0.2, 0) is 10.3 Å². The van der Waals surface area contributed by atoms with Gasteiger partial charge in [-0.3, -0.25) is 0 Å². The summed E-state index contributed by atoms with van der Waals surface area (Å²) in [4.78, 5) is 11.3. The Balaban J connectivity index is 2.27. The lowest BCUT2D eigenvalue weighted by molar-refractivity contribution is -0.130. The molecule has 1 aromatic rings. The summed E-state index contributed by atoms with van der Waals surface area (Å²) < 4.78 is 35.5. The predicted molar refractivity (Wildman–Crippen MR) is 54.8 cm³/mol. The summed E-state index contributed by atoms with van der Waals surface area (Å²) in [6.07, 6.45) is -0.929. The molecular formula is C11H13F2NO3. The van der Waals surface area contributed by atoms with Gasteiger partial charge in [0, 0.05) is 12.8 Å². The first-order valence-corrected chi connectivity index (χ1v) is 5.13. The highest BCUT2D eigenvalue weighted by molar-refractivity contribution is 5.90. The molecule has 0 aliphatic heterocycles. The number of aryl methyl sites for hydroxylation is 1. The zero-order valence-electron chi connectivity index (χ0n) is 9.55. The molecule has 1 saturated carbocycles. The predicted octanol–water partition coefficient (Wildman–Crippen LogP) is 1.96. The lowest BCUT2D eigenvalue weighted by atomic mass is 9.72. The molecule has 0 atom stereocenters. The van der Waals surface area contributed by atoms with Crippen LogP contribution in [0.4, 0.5) is 8.78 Å². The number of rotatable bonds is 2. The SMILES string of the molecule is COC(=O)c1cc(C2(N)CC(F)(F)C2)oc1C. The lowest BCUT2D eigenvalue weighted by Crippen LogP contribution is -2.55. The number of halogens is 2. The normalized spacial score (nSPS) is 20.8. The van der Waals surface area contributed by atoms with Gasteiger partial charge in [-0.05, 0) is 13.0 Å². The van der Waals surface area contributed by atoms with Gasteiger partial charge in [-0.25, -0.2) is 13.6 Å². The van der Waals surface area contributed by atoms with E-state index in [4.69, 9.17) is 10.2 Å². The van der Waals surface area contributed by atoms with Crippen molar-refractivity contribution in [1.29, 1.82) is 0 Å². The van der Waals surface area contributed by atoms with Crippen LogP contribution in [0.5, 0.6) is 0 Å². The van der Waals surface area contributed by atoms with E-state index in [1.165, 1.54) is 13.2 Å². The number of methoxy groups -OCH3 is 1. The Labute approximate surface area is 96.7 Å². The standard InChI is InChI=1S/C11H13F2NO3/c1-6-7(9(15)16-2)3-8(17-6)10(14)4-11(12,13)5-10/h3H,4-5,14H2,1-2H3. The lowest BCUT2D eigenvalue weighted by Gasteiger charge is -2.42. The zero-order chi connectivity index (χ0) is 12.8. The van der Waals surface area contributed by atoms with E-state index in [9.17, 15) is 13.6 Å². The number of hydrogen-bond acceptors (Lipinski definition) is 4. The van der Waals surface area contributed by atoms with E-state index in [0.717, 1.165) is 0 Å². The van der Waals surface area contributed by atoms with Gasteiger partial charge in [0.25, 0.3) is 5.92 Å². The summed E-state index contributed by atoms with van der Waals surface area (Å²) in [7, 11) is 1.24. The first kappa shape index (κ1) is 12.0. The highest BCUT2D eigenvalue weighted by Gasteiger charge is 2.57. The second-order valence-electron chi connectivity index (χ2n) is 4.44. The average Bonchev–Trinajstić information content (AvgIpc) is 2.56. The quantitative estimate of drug-likeness (QED) is 0.809. The third kappa shape index (κ3) is 1.93. The Hall–Kier alpha value is -1.43. The fourth-order valence-corrected chi connectivity index (χ4v) is 2.09. The van der Waals surface area contributed by atoms with Crippen molar-refractivity contribution in [2.24, 2.45) is 5.73 Å². The first-order valence-electron chi connectivity index (χ1n) is 5.13. The van der Waals surface area contributed by atoms with Crippen molar-refractivity contribution in [3.63, 3.8) is 0 Å². The van der Waals surface area contributed by atoms with Gasteiger partial charge in [0.15, 0.2) is 0 Å². The van der Waals surface area contributed by atoms with Gasteiger partial charge in [0.05, 0.1) is 12.6 Å². The third-order valence-electron chi connectivity index (χ3n) is 2.96. The molecular weight excluding hydrogens is 232 g/mol. The van der Waals surface area contributed by atoms with Gasteiger partial charge in [-0.2, -0.15) is 0 Å². The smallest absolute Gasteiger partial charge is 0.341 e. The summed E-state index contributed by atoms with van der Waals surface area (Å²) >= 11 is 0. The summed E-state index contributed by atoms with van der Waals surface area (Å²) in [6.45, 7) is 1.57. The minimum Gasteiger partial charge on any atom is -0.465 e. The van der Waals surface area contributed by atoms with Crippen molar-refractivity contribution in [1.82, 2.24) is 0 Å². The largest absolute Gasteiger partial charge is 0.465 e. The molecule has 0 spiro atoms. The van der Waals surface area contributed by atoms with Crippen LogP contribution < -0.4 is 5.73 Å². The minimum atomic E-state index is -2.75. The third-order valence-corrected chi connectivity index (χ3v) is 2.96. The number of hydrogen-bond donors (Lipinski definition) is 1. The van der Waals surface area contributed by atoms with Gasteiger partial charge in [-0.1, -0.05) is 0 Å². The summed E-state index contributed by atoms with van der Waals surface area (Å²) in [5.41, 5.74) is 4.84.